The van der Waals surface area contributed by atoms with E-state index in [1.165, 1.54) is 0 Å². The van der Waals surface area contributed by atoms with Crippen molar-refractivity contribution in [1.29, 1.82) is 5.26 Å². The molecule has 0 radical (unpaired) electrons. The Hall–Kier alpha value is -1.47. The summed E-state index contributed by atoms with van der Waals surface area (Å²) in [7, 11) is 0. The van der Waals surface area contributed by atoms with Crippen LogP contribution in [0.4, 0.5) is 0 Å². The number of carboxylic acid groups (broad SMARTS) is 1. The van der Waals surface area contributed by atoms with Crippen molar-refractivity contribution < 1.29 is 9.90 Å². The van der Waals surface area contributed by atoms with Crippen LogP contribution in [0.2, 0.25) is 0 Å². The summed E-state index contributed by atoms with van der Waals surface area (Å²) in [5, 5.41) is 17.7. The highest BCUT2D eigenvalue weighted by molar-refractivity contribution is 7.80. The van der Waals surface area contributed by atoms with Crippen molar-refractivity contribution in [2.75, 3.05) is 0 Å². The average molecular weight is 221 g/mol. The number of aliphatic carboxylic acids is 1. The van der Waals surface area contributed by atoms with Crippen LogP contribution in [-0.2, 0) is 17.6 Å². The van der Waals surface area contributed by atoms with Crippen LogP contribution >= 0.6 is 12.6 Å². The Labute approximate surface area is 93.8 Å². The minimum atomic E-state index is -0.888. The van der Waals surface area contributed by atoms with Crippen LogP contribution in [0.15, 0.2) is 17.0 Å². The molecule has 0 saturated heterocycles. The molecular formula is C11H11NO2S. The Morgan fingerprint density at radius 1 is 1.60 bits per heavy atom. The van der Waals surface area contributed by atoms with Gasteiger partial charge in [-0.1, -0.05) is 13.0 Å². The van der Waals surface area contributed by atoms with E-state index in [4.69, 9.17) is 10.4 Å². The molecule has 0 atom stereocenters. The smallest absolute Gasteiger partial charge is 0.307 e. The second-order valence-electron chi connectivity index (χ2n) is 3.13. The number of carbonyl (C=O) groups is 1. The molecule has 0 aromatic heterocycles. The van der Waals surface area contributed by atoms with Gasteiger partial charge in [-0.05, 0) is 23.6 Å². The molecule has 1 N–H and O–H groups in total. The fourth-order valence-corrected chi connectivity index (χ4v) is 1.80. The van der Waals surface area contributed by atoms with Crippen molar-refractivity contribution in [2.24, 2.45) is 0 Å². The molecule has 3 nitrogen and oxygen atoms in total. The van der Waals surface area contributed by atoms with Crippen LogP contribution in [0, 0.1) is 11.3 Å². The highest BCUT2D eigenvalue weighted by atomic mass is 32.1. The molecule has 0 bridgehead atoms. The van der Waals surface area contributed by atoms with E-state index in [1.54, 1.807) is 12.1 Å². The molecule has 15 heavy (non-hydrogen) atoms. The van der Waals surface area contributed by atoms with Gasteiger partial charge in [0, 0.05) is 4.90 Å². The third-order valence-corrected chi connectivity index (χ3v) is 2.57. The number of carboxylic acids is 1. The van der Waals surface area contributed by atoms with E-state index in [2.05, 4.69) is 18.7 Å². The van der Waals surface area contributed by atoms with E-state index >= 15 is 0 Å². The number of rotatable bonds is 3. The van der Waals surface area contributed by atoms with Crippen LogP contribution in [-0.4, -0.2) is 11.1 Å². The predicted octanol–water partition coefficient (Wildman–Crippen LogP) is 2.04. The average Bonchev–Trinajstić information content (AvgIpc) is 2.19. The molecule has 1 aromatic rings. The number of hydrogen-bond donors (Lipinski definition) is 2. The molecule has 78 valence electrons. The van der Waals surface area contributed by atoms with Crippen molar-refractivity contribution in [3.8, 4) is 6.07 Å². The van der Waals surface area contributed by atoms with Gasteiger partial charge >= 0.3 is 5.97 Å². The minimum absolute atomic E-state index is 0.0497. The first-order valence-corrected chi connectivity index (χ1v) is 5.00. The predicted molar refractivity (Wildman–Crippen MR) is 59.1 cm³/mol. The van der Waals surface area contributed by atoms with Gasteiger partial charge in [0.1, 0.15) is 6.07 Å². The zero-order valence-corrected chi connectivity index (χ0v) is 9.21. The topological polar surface area (TPSA) is 61.1 Å². The summed E-state index contributed by atoms with van der Waals surface area (Å²) in [6, 6.07) is 5.44. The third kappa shape index (κ3) is 2.51. The Morgan fingerprint density at radius 3 is 2.73 bits per heavy atom. The number of hydrogen-bond acceptors (Lipinski definition) is 3. The second kappa shape index (κ2) is 4.85. The fraction of sp³-hybridized carbons (Fsp3) is 0.273. The molecule has 0 aliphatic carbocycles. The van der Waals surface area contributed by atoms with E-state index in [0.717, 1.165) is 5.56 Å². The Bertz CT molecular complexity index is 435. The van der Waals surface area contributed by atoms with Crippen molar-refractivity contribution >= 4 is 18.6 Å². The minimum Gasteiger partial charge on any atom is -0.481 e. The van der Waals surface area contributed by atoms with Gasteiger partial charge in [0.05, 0.1) is 12.0 Å². The SMILES string of the molecule is CCc1c(CC(=O)O)ccc(S)c1C#N. The first-order valence-electron chi connectivity index (χ1n) is 4.55. The van der Waals surface area contributed by atoms with Crippen LogP contribution in [0.25, 0.3) is 0 Å². The summed E-state index contributed by atoms with van der Waals surface area (Å²) >= 11 is 4.17. The molecule has 0 aliphatic heterocycles. The van der Waals surface area contributed by atoms with Crippen LogP contribution < -0.4 is 0 Å². The summed E-state index contributed by atoms with van der Waals surface area (Å²) in [6.07, 6.45) is 0.589. The first kappa shape index (κ1) is 11.6. The largest absolute Gasteiger partial charge is 0.481 e. The quantitative estimate of drug-likeness (QED) is 0.768. The molecule has 0 unspecified atom stereocenters. The second-order valence-corrected chi connectivity index (χ2v) is 3.62. The molecule has 0 saturated carbocycles. The maximum atomic E-state index is 10.6. The summed E-state index contributed by atoms with van der Waals surface area (Å²) in [6.45, 7) is 1.90. The maximum absolute atomic E-state index is 10.6. The van der Waals surface area contributed by atoms with Gasteiger partial charge < -0.3 is 5.11 Å². The lowest BCUT2D eigenvalue weighted by molar-refractivity contribution is -0.136. The van der Waals surface area contributed by atoms with Gasteiger partial charge in [-0.3, -0.25) is 4.79 Å². The standard InChI is InChI=1S/C11H11NO2S/c1-2-8-7(5-11(13)14)3-4-10(15)9(8)6-12/h3-4,15H,2,5H2,1H3,(H,13,14). The molecule has 1 aromatic carbocycles. The normalized spacial score (nSPS) is 9.67. The number of nitriles is 1. The zero-order valence-electron chi connectivity index (χ0n) is 8.32. The van der Waals surface area contributed by atoms with E-state index in [9.17, 15) is 4.79 Å². The molecular weight excluding hydrogens is 210 g/mol. The van der Waals surface area contributed by atoms with E-state index in [0.29, 0.717) is 22.4 Å². The summed E-state index contributed by atoms with van der Waals surface area (Å²) in [5.41, 5.74) is 1.96. The Kier molecular flexibility index (Phi) is 3.75. The monoisotopic (exact) mass is 221 g/mol. The number of thiol groups is 1. The van der Waals surface area contributed by atoms with Crippen LogP contribution in [0.1, 0.15) is 23.6 Å². The molecule has 0 heterocycles. The van der Waals surface area contributed by atoms with Gasteiger partial charge in [0.15, 0.2) is 0 Å². The molecule has 0 spiro atoms. The third-order valence-electron chi connectivity index (χ3n) is 2.19. The summed E-state index contributed by atoms with van der Waals surface area (Å²) in [4.78, 5) is 11.2. The van der Waals surface area contributed by atoms with Gasteiger partial charge in [0.25, 0.3) is 0 Å². The van der Waals surface area contributed by atoms with Gasteiger partial charge in [0.2, 0.25) is 0 Å². The van der Waals surface area contributed by atoms with Crippen molar-refractivity contribution in [1.82, 2.24) is 0 Å². The maximum Gasteiger partial charge on any atom is 0.307 e. The van der Waals surface area contributed by atoms with E-state index < -0.39 is 5.97 Å². The highest BCUT2D eigenvalue weighted by Crippen LogP contribution is 2.22. The van der Waals surface area contributed by atoms with Crippen molar-refractivity contribution in [3.63, 3.8) is 0 Å². The Morgan fingerprint density at radius 2 is 2.27 bits per heavy atom. The highest BCUT2D eigenvalue weighted by Gasteiger charge is 2.12. The molecule has 1 rings (SSSR count). The summed E-state index contributed by atoms with van der Waals surface area (Å²) < 4.78 is 0. The lowest BCUT2D eigenvalue weighted by Gasteiger charge is -2.09. The zero-order chi connectivity index (χ0) is 11.4. The molecule has 0 amide bonds. The fourth-order valence-electron chi connectivity index (χ4n) is 1.54. The van der Waals surface area contributed by atoms with Gasteiger partial charge in [-0.2, -0.15) is 5.26 Å². The first-order chi connectivity index (χ1) is 7.10. The van der Waals surface area contributed by atoms with Crippen molar-refractivity contribution in [3.05, 3.63) is 28.8 Å². The van der Waals surface area contributed by atoms with Gasteiger partial charge in [-0.25, -0.2) is 0 Å². The molecule has 4 heteroatoms. The van der Waals surface area contributed by atoms with E-state index in [-0.39, 0.29) is 6.42 Å². The van der Waals surface area contributed by atoms with Crippen LogP contribution in [0.3, 0.4) is 0 Å². The number of nitrogens with zero attached hydrogens (tertiary/aromatic N) is 1. The molecule has 0 fully saturated rings. The molecule has 0 aliphatic rings. The van der Waals surface area contributed by atoms with Crippen LogP contribution in [0.5, 0.6) is 0 Å². The lowest BCUT2D eigenvalue weighted by atomic mass is 9.97. The van der Waals surface area contributed by atoms with Gasteiger partial charge in [-0.15, -0.1) is 12.6 Å². The van der Waals surface area contributed by atoms with Crippen molar-refractivity contribution in [2.45, 2.75) is 24.7 Å². The lowest BCUT2D eigenvalue weighted by Crippen LogP contribution is -2.05. The van der Waals surface area contributed by atoms with E-state index in [1.807, 2.05) is 6.92 Å². The summed E-state index contributed by atoms with van der Waals surface area (Å²) in [5.74, 6) is -0.888. The Balaban J connectivity index is 3.30. The number of benzene rings is 1.